The molecule has 0 atom stereocenters. The average Bonchev–Trinajstić information content (AvgIpc) is 2.69. The maximum Gasteiger partial charge on any atom is 0.309 e. The molecular weight excluding hydrogens is 228 g/mol. The van der Waals surface area contributed by atoms with Crippen molar-refractivity contribution in [3.05, 3.63) is 41.7 Å². The molecule has 0 aliphatic heterocycles. The maximum atomic E-state index is 10.8. The summed E-state index contributed by atoms with van der Waals surface area (Å²) in [6.07, 6.45) is 2.81. The summed E-state index contributed by atoms with van der Waals surface area (Å²) >= 11 is 0. The highest BCUT2D eigenvalue weighted by Crippen LogP contribution is 2.23. The van der Waals surface area contributed by atoms with Crippen LogP contribution in [0.4, 0.5) is 0 Å². The Bertz CT molecular complexity index is 556. The fraction of sp³-hybridized carbons (Fsp3) is 0.286. The second kappa shape index (κ2) is 5.04. The van der Waals surface area contributed by atoms with Crippen LogP contribution in [0.2, 0.25) is 0 Å². The van der Waals surface area contributed by atoms with E-state index in [9.17, 15) is 4.79 Å². The van der Waals surface area contributed by atoms with Gasteiger partial charge < -0.3 is 5.11 Å². The zero-order chi connectivity index (χ0) is 13.1. The normalized spacial score (nSPS) is 10.6. The van der Waals surface area contributed by atoms with E-state index in [-0.39, 0.29) is 6.42 Å². The molecule has 94 valence electrons. The number of carboxylic acid groups (broad SMARTS) is 1. The first-order chi connectivity index (χ1) is 8.60. The van der Waals surface area contributed by atoms with E-state index in [1.807, 2.05) is 18.3 Å². The van der Waals surface area contributed by atoms with E-state index in [1.54, 1.807) is 11.7 Å². The molecule has 18 heavy (non-hydrogen) atoms. The number of aromatic nitrogens is 2. The average molecular weight is 244 g/mol. The Kier molecular flexibility index (Phi) is 3.46. The van der Waals surface area contributed by atoms with Crippen molar-refractivity contribution in [3.8, 4) is 11.1 Å². The van der Waals surface area contributed by atoms with E-state index in [0.29, 0.717) is 5.69 Å². The summed E-state index contributed by atoms with van der Waals surface area (Å²) in [7, 11) is 1.80. The van der Waals surface area contributed by atoms with Crippen LogP contribution in [0.15, 0.2) is 30.5 Å². The van der Waals surface area contributed by atoms with Crippen molar-refractivity contribution >= 4 is 5.97 Å². The monoisotopic (exact) mass is 244 g/mol. The predicted molar refractivity (Wildman–Crippen MR) is 69.4 cm³/mol. The van der Waals surface area contributed by atoms with E-state index in [0.717, 1.165) is 17.5 Å². The van der Waals surface area contributed by atoms with Crippen LogP contribution < -0.4 is 0 Å². The van der Waals surface area contributed by atoms with Crippen molar-refractivity contribution in [2.45, 2.75) is 19.8 Å². The van der Waals surface area contributed by atoms with Crippen LogP contribution in [0.5, 0.6) is 0 Å². The second-order valence-corrected chi connectivity index (χ2v) is 4.28. The van der Waals surface area contributed by atoms with Gasteiger partial charge in [0, 0.05) is 18.8 Å². The molecule has 0 saturated carbocycles. The van der Waals surface area contributed by atoms with E-state index < -0.39 is 5.97 Å². The van der Waals surface area contributed by atoms with Crippen molar-refractivity contribution in [3.63, 3.8) is 0 Å². The van der Waals surface area contributed by atoms with Crippen LogP contribution in [0.1, 0.15) is 18.2 Å². The van der Waals surface area contributed by atoms with Crippen LogP contribution in [-0.4, -0.2) is 20.9 Å². The lowest BCUT2D eigenvalue weighted by molar-refractivity contribution is -0.136. The van der Waals surface area contributed by atoms with Gasteiger partial charge in [-0.3, -0.25) is 9.48 Å². The Morgan fingerprint density at radius 2 is 2.00 bits per heavy atom. The summed E-state index contributed by atoms with van der Waals surface area (Å²) in [4.78, 5) is 10.8. The predicted octanol–water partition coefficient (Wildman–Crippen LogP) is 2.28. The number of hydrogen-bond acceptors (Lipinski definition) is 2. The van der Waals surface area contributed by atoms with Crippen LogP contribution in [0.25, 0.3) is 11.1 Å². The number of aliphatic carboxylic acids is 1. The van der Waals surface area contributed by atoms with Crippen molar-refractivity contribution in [2.24, 2.45) is 7.05 Å². The van der Waals surface area contributed by atoms with Gasteiger partial charge in [0.05, 0.1) is 12.1 Å². The van der Waals surface area contributed by atoms with Crippen molar-refractivity contribution in [1.29, 1.82) is 0 Å². The molecule has 2 rings (SSSR count). The van der Waals surface area contributed by atoms with Gasteiger partial charge in [-0.25, -0.2) is 0 Å². The van der Waals surface area contributed by atoms with Gasteiger partial charge in [-0.2, -0.15) is 5.10 Å². The number of hydrogen-bond donors (Lipinski definition) is 1. The Balaban J connectivity index is 2.39. The van der Waals surface area contributed by atoms with Crippen LogP contribution in [0, 0.1) is 0 Å². The first-order valence-corrected chi connectivity index (χ1v) is 5.93. The third-order valence-electron chi connectivity index (χ3n) is 2.90. The highest BCUT2D eigenvalue weighted by molar-refractivity contribution is 5.75. The molecule has 0 radical (unpaired) electrons. The van der Waals surface area contributed by atoms with Gasteiger partial charge in [0.1, 0.15) is 0 Å². The summed E-state index contributed by atoms with van der Waals surface area (Å²) in [5, 5.41) is 13.1. The SMILES string of the molecule is CCc1ccc(-c2cn(C)nc2CC(=O)O)cc1. The summed E-state index contributed by atoms with van der Waals surface area (Å²) in [6, 6.07) is 8.15. The molecule has 1 aromatic heterocycles. The van der Waals surface area contributed by atoms with E-state index in [4.69, 9.17) is 5.11 Å². The van der Waals surface area contributed by atoms with Gasteiger partial charge in [-0.05, 0) is 17.5 Å². The molecule has 0 amide bonds. The molecule has 0 unspecified atom stereocenters. The highest BCUT2D eigenvalue weighted by atomic mass is 16.4. The molecule has 0 spiro atoms. The fourth-order valence-corrected chi connectivity index (χ4v) is 1.97. The Labute approximate surface area is 106 Å². The molecule has 0 bridgehead atoms. The Hall–Kier alpha value is -2.10. The fourth-order valence-electron chi connectivity index (χ4n) is 1.97. The molecule has 0 saturated heterocycles. The summed E-state index contributed by atoms with van der Waals surface area (Å²) in [6.45, 7) is 2.11. The summed E-state index contributed by atoms with van der Waals surface area (Å²) in [5.74, 6) is -0.861. The van der Waals surface area contributed by atoms with Gasteiger partial charge in [0.25, 0.3) is 0 Å². The smallest absolute Gasteiger partial charge is 0.309 e. The molecule has 4 nitrogen and oxygen atoms in total. The number of carbonyl (C=O) groups is 1. The molecule has 0 aliphatic carbocycles. The molecule has 0 fully saturated rings. The van der Waals surface area contributed by atoms with Crippen molar-refractivity contribution in [2.75, 3.05) is 0 Å². The zero-order valence-electron chi connectivity index (χ0n) is 10.6. The van der Waals surface area contributed by atoms with Gasteiger partial charge in [0.2, 0.25) is 0 Å². The first kappa shape index (κ1) is 12.4. The highest BCUT2D eigenvalue weighted by Gasteiger charge is 2.12. The van der Waals surface area contributed by atoms with Gasteiger partial charge in [-0.15, -0.1) is 0 Å². The number of aryl methyl sites for hydroxylation is 2. The quantitative estimate of drug-likeness (QED) is 0.897. The molecule has 4 heteroatoms. The largest absolute Gasteiger partial charge is 0.481 e. The standard InChI is InChI=1S/C14H16N2O2/c1-3-10-4-6-11(7-5-10)12-9-16(2)15-13(12)8-14(17)18/h4-7,9H,3,8H2,1-2H3,(H,17,18). The summed E-state index contributed by atoms with van der Waals surface area (Å²) in [5.41, 5.74) is 3.77. The third kappa shape index (κ3) is 2.59. The lowest BCUT2D eigenvalue weighted by Crippen LogP contribution is -2.02. The van der Waals surface area contributed by atoms with Gasteiger partial charge in [0.15, 0.2) is 0 Å². The lowest BCUT2D eigenvalue weighted by atomic mass is 10.0. The minimum atomic E-state index is -0.861. The molecule has 1 heterocycles. The number of nitrogens with zero attached hydrogens (tertiary/aromatic N) is 2. The van der Waals surface area contributed by atoms with E-state index in [1.165, 1.54) is 5.56 Å². The van der Waals surface area contributed by atoms with E-state index >= 15 is 0 Å². The maximum absolute atomic E-state index is 10.8. The minimum absolute atomic E-state index is 0.0499. The van der Waals surface area contributed by atoms with Gasteiger partial charge in [-0.1, -0.05) is 31.2 Å². The molecular formula is C14H16N2O2. The Morgan fingerprint density at radius 1 is 1.33 bits per heavy atom. The zero-order valence-corrected chi connectivity index (χ0v) is 10.6. The molecule has 1 aromatic carbocycles. The number of benzene rings is 1. The first-order valence-electron chi connectivity index (χ1n) is 5.93. The third-order valence-corrected chi connectivity index (χ3v) is 2.90. The lowest BCUT2D eigenvalue weighted by Gasteiger charge is -2.02. The van der Waals surface area contributed by atoms with Crippen LogP contribution >= 0.6 is 0 Å². The van der Waals surface area contributed by atoms with Crippen LogP contribution in [-0.2, 0) is 24.7 Å². The Morgan fingerprint density at radius 3 is 2.56 bits per heavy atom. The molecule has 1 N–H and O–H groups in total. The van der Waals surface area contributed by atoms with Gasteiger partial charge >= 0.3 is 5.97 Å². The number of carboxylic acids is 1. The summed E-state index contributed by atoms with van der Waals surface area (Å²) < 4.78 is 1.65. The number of rotatable bonds is 4. The van der Waals surface area contributed by atoms with E-state index in [2.05, 4.69) is 24.2 Å². The van der Waals surface area contributed by atoms with Crippen molar-refractivity contribution < 1.29 is 9.90 Å². The van der Waals surface area contributed by atoms with Crippen molar-refractivity contribution in [1.82, 2.24) is 9.78 Å². The topological polar surface area (TPSA) is 55.1 Å². The molecule has 0 aliphatic rings. The molecule has 2 aromatic rings. The van der Waals surface area contributed by atoms with Crippen LogP contribution in [0.3, 0.4) is 0 Å². The minimum Gasteiger partial charge on any atom is -0.481 e. The second-order valence-electron chi connectivity index (χ2n) is 4.28.